The van der Waals surface area contributed by atoms with Crippen LogP contribution >= 0.6 is 23.4 Å². The van der Waals surface area contributed by atoms with Crippen molar-refractivity contribution in [2.45, 2.75) is 36.7 Å². The van der Waals surface area contributed by atoms with Crippen LogP contribution in [-0.2, 0) is 12.8 Å². The predicted molar refractivity (Wildman–Crippen MR) is 103 cm³/mol. The third kappa shape index (κ3) is 3.55. The van der Waals surface area contributed by atoms with Gasteiger partial charge in [-0.2, -0.15) is 0 Å². The van der Waals surface area contributed by atoms with E-state index in [1.165, 1.54) is 29.3 Å². The van der Waals surface area contributed by atoms with Crippen molar-refractivity contribution in [2.75, 3.05) is 0 Å². The summed E-state index contributed by atoms with van der Waals surface area (Å²) in [5.74, 6) is 0.497. The van der Waals surface area contributed by atoms with Gasteiger partial charge in [-0.05, 0) is 67.6 Å². The Kier molecular flexibility index (Phi) is 4.83. The topological polar surface area (TPSA) is 56.0 Å². The SMILES string of the molecule is CC(Sc1nnc(-c2ccc(Cl)cc2)o1)C(=O)c1ccc2c(c1)CCC2. The van der Waals surface area contributed by atoms with Crippen molar-refractivity contribution in [3.63, 3.8) is 0 Å². The molecule has 2 aromatic carbocycles. The fourth-order valence-electron chi connectivity index (χ4n) is 3.13. The van der Waals surface area contributed by atoms with Crippen LogP contribution in [0.15, 0.2) is 52.1 Å². The number of benzene rings is 2. The number of halogens is 1. The van der Waals surface area contributed by atoms with Crippen molar-refractivity contribution in [1.29, 1.82) is 0 Å². The lowest BCUT2D eigenvalue weighted by molar-refractivity contribution is 0.0993. The zero-order chi connectivity index (χ0) is 18.1. The number of carbonyl (C=O) groups excluding carboxylic acids is 1. The fraction of sp³-hybridized carbons (Fsp3) is 0.250. The van der Waals surface area contributed by atoms with Crippen molar-refractivity contribution in [3.05, 3.63) is 64.2 Å². The third-order valence-corrected chi connectivity index (χ3v) is 5.71. The van der Waals surface area contributed by atoms with Gasteiger partial charge in [0, 0.05) is 16.1 Å². The van der Waals surface area contributed by atoms with Crippen LogP contribution < -0.4 is 0 Å². The quantitative estimate of drug-likeness (QED) is 0.444. The van der Waals surface area contributed by atoms with Gasteiger partial charge in [0.15, 0.2) is 5.78 Å². The number of Topliss-reactive ketones (excluding diaryl/α,β-unsaturated/α-hetero) is 1. The van der Waals surface area contributed by atoms with Crippen LogP contribution in [0.4, 0.5) is 0 Å². The molecule has 1 aliphatic carbocycles. The van der Waals surface area contributed by atoms with Crippen molar-refractivity contribution in [1.82, 2.24) is 10.2 Å². The average molecular weight is 385 g/mol. The lowest BCUT2D eigenvalue weighted by atomic mass is 10.0. The van der Waals surface area contributed by atoms with E-state index < -0.39 is 0 Å². The van der Waals surface area contributed by atoms with Crippen LogP contribution in [0, 0.1) is 0 Å². The zero-order valence-electron chi connectivity index (χ0n) is 14.2. The van der Waals surface area contributed by atoms with Crippen LogP contribution in [0.25, 0.3) is 11.5 Å². The molecule has 4 rings (SSSR count). The van der Waals surface area contributed by atoms with Crippen molar-refractivity contribution in [3.8, 4) is 11.5 Å². The molecule has 0 aliphatic heterocycles. The normalized spacial score (nSPS) is 14.2. The van der Waals surface area contributed by atoms with E-state index in [-0.39, 0.29) is 11.0 Å². The smallest absolute Gasteiger partial charge is 0.277 e. The minimum absolute atomic E-state index is 0.0796. The monoisotopic (exact) mass is 384 g/mol. The molecule has 6 heteroatoms. The molecule has 0 amide bonds. The Balaban J connectivity index is 1.47. The number of rotatable bonds is 5. The Morgan fingerprint density at radius 2 is 1.88 bits per heavy atom. The molecule has 1 aromatic heterocycles. The number of thioether (sulfide) groups is 1. The number of hydrogen-bond donors (Lipinski definition) is 0. The molecule has 4 nitrogen and oxygen atoms in total. The highest BCUT2D eigenvalue weighted by molar-refractivity contribution is 8.00. The van der Waals surface area contributed by atoms with Gasteiger partial charge < -0.3 is 4.42 Å². The number of aromatic nitrogens is 2. The van der Waals surface area contributed by atoms with Crippen molar-refractivity contribution in [2.24, 2.45) is 0 Å². The second kappa shape index (κ2) is 7.25. The molecule has 1 atom stereocenters. The van der Waals surface area contributed by atoms with E-state index in [0.29, 0.717) is 16.1 Å². The largest absolute Gasteiger partial charge is 0.411 e. The maximum absolute atomic E-state index is 12.7. The average Bonchev–Trinajstić information content (AvgIpc) is 3.30. The molecule has 132 valence electrons. The second-order valence-electron chi connectivity index (χ2n) is 6.34. The van der Waals surface area contributed by atoms with Gasteiger partial charge in [0.2, 0.25) is 5.89 Å². The summed E-state index contributed by atoms with van der Waals surface area (Å²) in [6.07, 6.45) is 3.35. The summed E-state index contributed by atoms with van der Waals surface area (Å²) in [5.41, 5.74) is 4.22. The molecule has 0 radical (unpaired) electrons. The first-order valence-corrected chi connectivity index (χ1v) is 9.78. The van der Waals surface area contributed by atoms with Crippen LogP contribution in [0.1, 0.15) is 34.8 Å². The van der Waals surface area contributed by atoms with Crippen molar-refractivity contribution < 1.29 is 9.21 Å². The first-order chi connectivity index (χ1) is 12.6. The molecule has 0 fully saturated rings. The molecular formula is C20H17ClN2O2S. The maximum atomic E-state index is 12.7. The first-order valence-electron chi connectivity index (χ1n) is 8.52. The van der Waals surface area contributed by atoms with E-state index in [1.807, 2.05) is 31.2 Å². The van der Waals surface area contributed by atoms with E-state index >= 15 is 0 Å². The maximum Gasteiger partial charge on any atom is 0.277 e. The van der Waals surface area contributed by atoms with Gasteiger partial charge in [0.1, 0.15) is 0 Å². The molecule has 3 aromatic rings. The number of aryl methyl sites for hydroxylation is 2. The minimum Gasteiger partial charge on any atom is -0.411 e. The molecule has 0 N–H and O–H groups in total. The standard InChI is InChI=1S/C20H17ClN2O2S/c1-12(18(24)16-6-5-13-3-2-4-15(13)11-16)26-20-23-22-19(25-20)14-7-9-17(21)10-8-14/h5-12H,2-4H2,1H3. The summed E-state index contributed by atoms with van der Waals surface area (Å²) in [6, 6.07) is 13.2. The predicted octanol–water partition coefficient (Wildman–Crippen LogP) is 5.24. The highest BCUT2D eigenvalue weighted by Crippen LogP contribution is 2.29. The highest BCUT2D eigenvalue weighted by Gasteiger charge is 2.22. The van der Waals surface area contributed by atoms with Gasteiger partial charge in [-0.25, -0.2) is 0 Å². The second-order valence-corrected chi connectivity index (χ2v) is 8.07. The van der Waals surface area contributed by atoms with Gasteiger partial charge in [-0.1, -0.05) is 35.5 Å². The van der Waals surface area contributed by atoms with Crippen LogP contribution in [-0.4, -0.2) is 21.2 Å². The van der Waals surface area contributed by atoms with E-state index in [2.05, 4.69) is 16.3 Å². The van der Waals surface area contributed by atoms with Gasteiger partial charge >= 0.3 is 0 Å². The number of carbonyl (C=O) groups is 1. The molecule has 0 spiro atoms. The van der Waals surface area contributed by atoms with Gasteiger partial charge in [-0.3, -0.25) is 4.79 Å². The fourth-order valence-corrected chi connectivity index (χ4v) is 4.02. The minimum atomic E-state index is -0.298. The van der Waals surface area contributed by atoms with Gasteiger partial charge in [0.25, 0.3) is 5.22 Å². The zero-order valence-corrected chi connectivity index (χ0v) is 15.8. The van der Waals surface area contributed by atoms with E-state index in [0.717, 1.165) is 24.0 Å². The Morgan fingerprint density at radius 3 is 2.69 bits per heavy atom. The molecule has 1 aliphatic rings. The number of hydrogen-bond acceptors (Lipinski definition) is 5. The number of fused-ring (bicyclic) bond motifs is 1. The lowest BCUT2D eigenvalue weighted by Gasteiger charge is -2.09. The van der Waals surface area contributed by atoms with E-state index in [4.69, 9.17) is 16.0 Å². The highest BCUT2D eigenvalue weighted by atomic mass is 35.5. The lowest BCUT2D eigenvalue weighted by Crippen LogP contribution is -2.13. The first kappa shape index (κ1) is 17.3. The summed E-state index contributed by atoms with van der Waals surface area (Å²) >= 11 is 7.18. The summed E-state index contributed by atoms with van der Waals surface area (Å²) in [4.78, 5) is 12.7. The summed E-state index contributed by atoms with van der Waals surface area (Å²) in [7, 11) is 0. The number of ketones is 1. The summed E-state index contributed by atoms with van der Waals surface area (Å²) in [6.45, 7) is 1.87. The van der Waals surface area contributed by atoms with Gasteiger partial charge in [-0.15, -0.1) is 10.2 Å². The molecule has 26 heavy (non-hydrogen) atoms. The summed E-state index contributed by atoms with van der Waals surface area (Å²) < 4.78 is 5.69. The van der Waals surface area contributed by atoms with Crippen LogP contribution in [0.5, 0.6) is 0 Å². The molecular weight excluding hydrogens is 368 g/mol. The molecule has 0 saturated carbocycles. The third-order valence-electron chi connectivity index (χ3n) is 4.53. The molecule has 1 unspecified atom stereocenters. The van der Waals surface area contributed by atoms with Crippen LogP contribution in [0.2, 0.25) is 5.02 Å². The van der Waals surface area contributed by atoms with E-state index in [1.54, 1.807) is 12.1 Å². The Labute approximate surface area is 161 Å². The summed E-state index contributed by atoms with van der Waals surface area (Å²) in [5, 5.41) is 8.84. The Bertz CT molecular complexity index is 953. The molecule has 1 heterocycles. The van der Waals surface area contributed by atoms with Crippen molar-refractivity contribution >= 4 is 29.1 Å². The van der Waals surface area contributed by atoms with Gasteiger partial charge in [0.05, 0.1) is 5.25 Å². The molecule has 0 bridgehead atoms. The Morgan fingerprint density at radius 1 is 1.12 bits per heavy atom. The van der Waals surface area contributed by atoms with Crippen LogP contribution in [0.3, 0.4) is 0 Å². The molecule has 0 saturated heterocycles. The Hall–Kier alpha value is -2.11. The number of nitrogens with zero attached hydrogens (tertiary/aromatic N) is 2. The van der Waals surface area contributed by atoms with E-state index in [9.17, 15) is 4.79 Å².